The van der Waals surface area contributed by atoms with Crippen LogP contribution in [0.15, 0.2) is 42.5 Å². The summed E-state index contributed by atoms with van der Waals surface area (Å²) >= 11 is 0. The molecular formula is C12H11NO. The summed E-state index contributed by atoms with van der Waals surface area (Å²) in [5.74, 6) is 0.842. The minimum atomic E-state index is 0.842. The number of nitrogens with zero attached hydrogens (tertiary/aromatic N) is 1. The summed E-state index contributed by atoms with van der Waals surface area (Å²) in [6.07, 6.45) is 6.88. The van der Waals surface area contributed by atoms with Gasteiger partial charge in [-0.2, -0.15) is 5.26 Å². The van der Waals surface area contributed by atoms with Gasteiger partial charge < -0.3 is 4.74 Å². The van der Waals surface area contributed by atoms with Gasteiger partial charge >= 0.3 is 0 Å². The molecule has 0 bridgehead atoms. The largest absolute Gasteiger partial charge is 0.497 e. The van der Waals surface area contributed by atoms with Gasteiger partial charge in [0.15, 0.2) is 0 Å². The molecule has 0 unspecified atom stereocenters. The second-order valence-electron chi connectivity index (χ2n) is 2.62. The highest BCUT2D eigenvalue weighted by atomic mass is 16.5. The number of benzene rings is 1. The molecule has 1 aromatic rings. The highest BCUT2D eigenvalue weighted by Gasteiger charge is 1.88. The van der Waals surface area contributed by atoms with E-state index in [1.165, 1.54) is 6.08 Å². The zero-order valence-electron chi connectivity index (χ0n) is 7.97. The van der Waals surface area contributed by atoms with Gasteiger partial charge in [0, 0.05) is 6.08 Å². The summed E-state index contributed by atoms with van der Waals surface area (Å²) in [4.78, 5) is 0. The van der Waals surface area contributed by atoms with Crippen LogP contribution in [-0.4, -0.2) is 7.11 Å². The third-order valence-electron chi connectivity index (χ3n) is 1.69. The fourth-order valence-electron chi connectivity index (χ4n) is 0.980. The zero-order valence-corrected chi connectivity index (χ0v) is 7.97. The van der Waals surface area contributed by atoms with Crippen LogP contribution < -0.4 is 4.74 Å². The lowest BCUT2D eigenvalue weighted by Crippen LogP contribution is -1.81. The fraction of sp³-hybridized carbons (Fsp3) is 0.0833. The van der Waals surface area contributed by atoms with Gasteiger partial charge in [0.1, 0.15) is 5.75 Å². The molecule has 1 aromatic carbocycles. The second-order valence-corrected chi connectivity index (χ2v) is 2.62. The van der Waals surface area contributed by atoms with Crippen LogP contribution in [0.4, 0.5) is 0 Å². The van der Waals surface area contributed by atoms with Gasteiger partial charge in [-0.05, 0) is 17.7 Å². The molecule has 0 saturated heterocycles. The number of rotatable bonds is 3. The van der Waals surface area contributed by atoms with Crippen molar-refractivity contribution in [3.63, 3.8) is 0 Å². The number of hydrogen-bond acceptors (Lipinski definition) is 2. The van der Waals surface area contributed by atoms with Crippen molar-refractivity contribution in [2.75, 3.05) is 7.11 Å². The smallest absolute Gasteiger partial charge is 0.118 e. The first-order valence-electron chi connectivity index (χ1n) is 4.23. The van der Waals surface area contributed by atoms with Gasteiger partial charge in [-0.25, -0.2) is 0 Å². The van der Waals surface area contributed by atoms with E-state index in [0.717, 1.165) is 11.3 Å². The summed E-state index contributed by atoms with van der Waals surface area (Å²) in [5.41, 5.74) is 1.08. The van der Waals surface area contributed by atoms with Gasteiger partial charge in [-0.15, -0.1) is 0 Å². The van der Waals surface area contributed by atoms with Crippen molar-refractivity contribution in [2.45, 2.75) is 0 Å². The van der Waals surface area contributed by atoms with E-state index >= 15 is 0 Å². The average Bonchev–Trinajstić information content (AvgIpc) is 2.25. The molecular weight excluding hydrogens is 174 g/mol. The lowest BCUT2D eigenvalue weighted by Gasteiger charge is -1.98. The van der Waals surface area contributed by atoms with E-state index in [1.807, 2.05) is 42.5 Å². The van der Waals surface area contributed by atoms with Gasteiger partial charge in [0.25, 0.3) is 0 Å². The van der Waals surface area contributed by atoms with Crippen molar-refractivity contribution in [1.82, 2.24) is 0 Å². The Morgan fingerprint density at radius 1 is 1.21 bits per heavy atom. The minimum Gasteiger partial charge on any atom is -0.497 e. The molecule has 2 heteroatoms. The molecule has 0 spiro atoms. The summed E-state index contributed by atoms with van der Waals surface area (Å²) < 4.78 is 5.03. The molecule has 0 saturated carbocycles. The number of methoxy groups -OCH3 is 1. The molecule has 0 atom stereocenters. The van der Waals surface area contributed by atoms with Gasteiger partial charge in [-0.1, -0.05) is 30.4 Å². The summed E-state index contributed by atoms with van der Waals surface area (Å²) in [6.45, 7) is 0. The summed E-state index contributed by atoms with van der Waals surface area (Å²) in [7, 11) is 1.64. The molecule has 0 aromatic heterocycles. The Morgan fingerprint density at radius 3 is 2.50 bits per heavy atom. The topological polar surface area (TPSA) is 33.0 Å². The Balaban J connectivity index is 2.65. The monoisotopic (exact) mass is 185 g/mol. The maximum absolute atomic E-state index is 8.24. The third-order valence-corrected chi connectivity index (χ3v) is 1.69. The maximum Gasteiger partial charge on any atom is 0.118 e. The van der Waals surface area contributed by atoms with Crippen LogP contribution in [0.3, 0.4) is 0 Å². The Hall–Kier alpha value is -2.01. The number of ether oxygens (including phenoxy) is 1. The van der Waals surface area contributed by atoms with Crippen LogP contribution >= 0.6 is 0 Å². The molecule has 0 aliphatic rings. The molecule has 70 valence electrons. The van der Waals surface area contributed by atoms with Crippen LogP contribution in [0.25, 0.3) is 6.08 Å². The van der Waals surface area contributed by atoms with E-state index in [0.29, 0.717) is 0 Å². The number of allylic oxidation sites excluding steroid dienone is 3. The molecule has 0 N–H and O–H groups in total. The van der Waals surface area contributed by atoms with E-state index in [2.05, 4.69) is 0 Å². The van der Waals surface area contributed by atoms with E-state index in [1.54, 1.807) is 13.2 Å². The fourth-order valence-corrected chi connectivity index (χ4v) is 0.980. The standard InChI is InChI=1S/C12H11NO/c1-14-12-8-6-11(7-9-12)5-3-2-4-10-13/h2-9H,1H3/b4-2+,5-3+. The van der Waals surface area contributed by atoms with Gasteiger partial charge in [0.2, 0.25) is 0 Å². The van der Waals surface area contributed by atoms with Crippen molar-refractivity contribution < 1.29 is 4.74 Å². The van der Waals surface area contributed by atoms with Crippen molar-refractivity contribution >= 4 is 6.08 Å². The van der Waals surface area contributed by atoms with Crippen LogP contribution in [-0.2, 0) is 0 Å². The first kappa shape index (κ1) is 10.1. The van der Waals surface area contributed by atoms with Crippen molar-refractivity contribution in [3.05, 3.63) is 48.1 Å². The van der Waals surface area contributed by atoms with Crippen molar-refractivity contribution in [2.24, 2.45) is 0 Å². The molecule has 2 nitrogen and oxygen atoms in total. The van der Waals surface area contributed by atoms with E-state index in [-0.39, 0.29) is 0 Å². The second kappa shape index (κ2) is 5.60. The van der Waals surface area contributed by atoms with E-state index in [4.69, 9.17) is 10.00 Å². The Morgan fingerprint density at radius 2 is 1.93 bits per heavy atom. The lowest BCUT2D eigenvalue weighted by molar-refractivity contribution is 0.415. The third kappa shape index (κ3) is 3.16. The molecule has 0 heterocycles. The van der Waals surface area contributed by atoms with Crippen LogP contribution in [0.1, 0.15) is 5.56 Å². The highest BCUT2D eigenvalue weighted by molar-refractivity contribution is 5.52. The first-order valence-corrected chi connectivity index (χ1v) is 4.23. The quantitative estimate of drug-likeness (QED) is 0.536. The minimum absolute atomic E-state index is 0.842. The van der Waals surface area contributed by atoms with E-state index in [9.17, 15) is 0 Å². The molecule has 0 aliphatic heterocycles. The number of nitriles is 1. The molecule has 0 aliphatic carbocycles. The molecule has 14 heavy (non-hydrogen) atoms. The predicted molar refractivity (Wildman–Crippen MR) is 56.8 cm³/mol. The Bertz CT molecular complexity index is 368. The van der Waals surface area contributed by atoms with Crippen molar-refractivity contribution in [1.29, 1.82) is 5.26 Å². The SMILES string of the molecule is COc1ccc(/C=C/C=C/C#N)cc1. The van der Waals surface area contributed by atoms with Crippen LogP contribution in [0, 0.1) is 11.3 Å². The summed E-state index contributed by atoms with van der Waals surface area (Å²) in [6, 6.07) is 9.62. The zero-order chi connectivity index (χ0) is 10.2. The predicted octanol–water partition coefficient (Wildman–Crippen LogP) is 2.79. The molecule has 0 fully saturated rings. The van der Waals surface area contributed by atoms with Crippen LogP contribution in [0.5, 0.6) is 5.75 Å². The van der Waals surface area contributed by atoms with E-state index < -0.39 is 0 Å². The first-order chi connectivity index (χ1) is 6.86. The normalized spacial score (nSPS) is 10.6. The lowest BCUT2D eigenvalue weighted by atomic mass is 10.2. The van der Waals surface area contributed by atoms with Gasteiger partial charge in [0.05, 0.1) is 13.2 Å². The Labute approximate surface area is 83.7 Å². The number of hydrogen-bond donors (Lipinski definition) is 0. The van der Waals surface area contributed by atoms with Crippen LogP contribution in [0.2, 0.25) is 0 Å². The Kier molecular flexibility index (Phi) is 4.03. The molecule has 1 rings (SSSR count). The average molecular weight is 185 g/mol. The maximum atomic E-state index is 8.24. The molecule has 0 amide bonds. The van der Waals surface area contributed by atoms with Crippen molar-refractivity contribution in [3.8, 4) is 11.8 Å². The van der Waals surface area contributed by atoms with Gasteiger partial charge in [-0.3, -0.25) is 0 Å². The summed E-state index contributed by atoms with van der Waals surface area (Å²) in [5, 5.41) is 8.24. The molecule has 0 radical (unpaired) electrons. The highest BCUT2D eigenvalue weighted by Crippen LogP contribution is 2.12.